The summed E-state index contributed by atoms with van der Waals surface area (Å²) in [5.74, 6) is 0.356. The van der Waals surface area contributed by atoms with Crippen molar-refractivity contribution in [3.63, 3.8) is 0 Å². The summed E-state index contributed by atoms with van der Waals surface area (Å²) < 4.78 is 29.8. The van der Waals surface area contributed by atoms with Gasteiger partial charge in [0.1, 0.15) is 24.3 Å². The molecule has 3 rings (SSSR count). The Morgan fingerprint density at radius 3 is 2.96 bits per heavy atom. The van der Waals surface area contributed by atoms with Crippen LogP contribution in [0.3, 0.4) is 0 Å². The molecular formula is C17H22FNO4. The number of ether oxygens (including phenoxy) is 3. The topological polar surface area (TPSA) is 48.0 Å². The average Bonchev–Trinajstić information content (AvgIpc) is 2.92. The molecule has 1 spiro atoms. The van der Waals surface area contributed by atoms with Gasteiger partial charge in [0, 0.05) is 26.6 Å². The smallest absolute Gasteiger partial charge is 0.248 e. The molecule has 5 nitrogen and oxygen atoms in total. The van der Waals surface area contributed by atoms with Crippen molar-refractivity contribution in [1.82, 2.24) is 4.90 Å². The van der Waals surface area contributed by atoms with Crippen molar-refractivity contribution in [2.75, 3.05) is 33.4 Å². The van der Waals surface area contributed by atoms with E-state index >= 15 is 0 Å². The minimum atomic E-state index is -0.327. The molecular weight excluding hydrogens is 301 g/mol. The molecule has 0 saturated carbocycles. The number of rotatable bonds is 4. The second kappa shape index (κ2) is 6.84. The van der Waals surface area contributed by atoms with Gasteiger partial charge in [-0.25, -0.2) is 4.39 Å². The van der Waals surface area contributed by atoms with Crippen molar-refractivity contribution in [2.45, 2.75) is 31.0 Å². The van der Waals surface area contributed by atoms with Crippen molar-refractivity contribution < 1.29 is 23.4 Å². The molecule has 2 heterocycles. The molecule has 0 radical (unpaired) electrons. The van der Waals surface area contributed by atoms with E-state index in [4.69, 9.17) is 14.2 Å². The number of hydrogen-bond donors (Lipinski definition) is 0. The number of likely N-dealkylation sites (tertiary alicyclic amines) is 1. The van der Waals surface area contributed by atoms with Gasteiger partial charge in [0.05, 0.1) is 12.2 Å². The van der Waals surface area contributed by atoms with Gasteiger partial charge in [0.15, 0.2) is 0 Å². The quantitative estimate of drug-likeness (QED) is 0.850. The number of carbonyl (C=O) groups excluding carboxylic acids is 1. The van der Waals surface area contributed by atoms with Crippen molar-refractivity contribution in [3.8, 4) is 5.75 Å². The van der Waals surface area contributed by atoms with Crippen LogP contribution in [0.4, 0.5) is 4.39 Å². The van der Waals surface area contributed by atoms with Gasteiger partial charge in [-0.1, -0.05) is 0 Å². The molecule has 23 heavy (non-hydrogen) atoms. The van der Waals surface area contributed by atoms with Crippen LogP contribution in [0.5, 0.6) is 5.75 Å². The van der Waals surface area contributed by atoms with E-state index < -0.39 is 0 Å². The molecule has 0 aliphatic carbocycles. The van der Waals surface area contributed by atoms with Crippen LogP contribution < -0.4 is 4.74 Å². The molecule has 2 aliphatic heterocycles. The van der Waals surface area contributed by atoms with Gasteiger partial charge in [0.25, 0.3) is 0 Å². The maximum absolute atomic E-state index is 12.9. The van der Waals surface area contributed by atoms with Gasteiger partial charge in [-0.05, 0) is 37.1 Å². The third-order valence-electron chi connectivity index (χ3n) is 4.45. The second-order valence-corrected chi connectivity index (χ2v) is 6.24. The van der Waals surface area contributed by atoms with Crippen molar-refractivity contribution in [1.29, 1.82) is 0 Å². The number of hydrogen-bond acceptors (Lipinski definition) is 4. The molecule has 1 aromatic carbocycles. The van der Waals surface area contributed by atoms with Crippen LogP contribution in [0, 0.1) is 5.82 Å². The molecule has 2 atom stereocenters. The van der Waals surface area contributed by atoms with Crippen LogP contribution in [0.1, 0.15) is 19.3 Å². The lowest BCUT2D eigenvalue weighted by Crippen LogP contribution is -2.51. The Bertz CT molecular complexity index is 550. The van der Waals surface area contributed by atoms with Gasteiger partial charge >= 0.3 is 0 Å². The normalized spacial score (nSPS) is 27.4. The van der Waals surface area contributed by atoms with Crippen LogP contribution >= 0.6 is 0 Å². The lowest BCUT2D eigenvalue weighted by molar-refractivity contribution is -0.143. The van der Waals surface area contributed by atoms with E-state index in [9.17, 15) is 9.18 Å². The predicted octanol–water partition coefficient (Wildman–Crippen LogP) is 2.00. The van der Waals surface area contributed by atoms with E-state index in [0.717, 1.165) is 25.8 Å². The molecule has 1 aromatic rings. The fourth-order valence-electron chi connectivity index (χ4n) is 3.39. The summed E-state index contributed by atoms with van der Waals surface area (Å²) in [6.07, 6.45) is 2.50. The van der Waals surface area contributed by atoms with Crippen LogP contribution in [0.25, 0.3) is 0 Å². The zero-order chi connectivity index (χ0) is 16.3. The van der Waals surface area contributed by atoms with Crippen LogP contribution in [0.2, 0.25) is 0 Å². The van der Waals surface area contributed by atoms with E-state index in [-0.39, 0.29) is 30.0 Å². The Morgan fingerprint density at radius 1 is 1.43 bits per heavy atom. The van der Waals surface area contributed by atoms with Gasteiger partial charge in [-0.2, -0.15) is 0 Å². The summed E-state index contributed by atoms with van der Waals surface area (Å²) in [6, 6.07) is 6.00. The van der Waals surface area contributed by atoms with E-state index in [1.807, 2.05) is 4.90 Å². The SMILES string of the molecule is COCC(=O)N1CCC[C@]2(C[C@@H](Oc3ccc(F)cc3)CO2)C1. The molecule has 2 fully saturated rings. The minimum Gasteiger partial charge on any atom is -0.488 e. The zero-order valence-corrected chi connectivity index (χ0v) is 13.3. The number of methoxy groups -OCH3 is 1. The highest BCUT2D eigenvalue weighted by Crippen LogP contribution is 2.36. The van der Waals surface area contributed by atoms with Gasteiger partial charge in [0.2, 0.25) is 5.91 Å². The number of piperidine rings is 1. The van der Waals surface area contributed by atoms with E-state index in [1.54, 1.807) is 12.1 Å². The Balaban J connectivity index is 1.59. The lowest BCUT2D eigenvalue weighted by atomic mass is 9.89. The third kappa shape index (κ3) is 3.82. The third-order valence-corrected chi connectivity index (χ3v) is 4.45. The van der Waals surface area contributed by atoms with Gasteiger partial charge in [-0.3, -0.25) is 4.79 Å². The summed E-state index contributed by atoms with van der Waals surface area (Å²) in [5, 5.41) is 0. The zero-order valence-electron chi connectivity index (χ0n) is 13.3. The number of benzene rings is 1. The lowest BCUT2D eigenvalue weighted by Gasteiger charge is -2.39. The highest BCUT2D eigenvalue weighted by molar-refractivity contribution is 5.77. The molecule has 6 heteroatoms. The fraction of sp³-hybridized carbons (Fsp3) is 0.588. The monoisotopic (exact) mass is 323 g/mol. The van der Waals surface area contributed by atoms with E-state index in [2.05, 4.69) is 0 Å². The van der Waals surface area contributed by atoms with Crippen molar-refractivity contribution in [3.05, 3.63) is 30.1 Å². The molecule has 2 aliphatic rings. The largest absolute Gasteiger partial charge is 0.488 e. The van der Waals surface area contributed by atoms with Crippen molar-refractivity contribution in [2.24, 2.45) is 0 Å². The maximum Gasteiger partial charge on any atom is 0.248 e. The molecule has 0 bridgehead atoms. The summed E-state index contributed by atoms with van der Waals surface area (Å²) in [6.45, 7) is 1.92. The van der Waals surface area contributed by atoms with Crippen LogP contribution in [-0.4, -0.2) is 55.9 Å². The second-order valence-electron chi connectivity index (χ2n) is 6.24. The van der Waals surface area contributed by atoms with Crippen molar-refractivity contribution >= 4 is 5.91 Å². The van der Waals surface area contributed by atoms with Crippen LogP contribution in [0.15, 0.2) is 24.3 Å². The van der Waals surface area contributed by atoms with Gasteiger partial charge < -0.3 is 19.1 Å². The standard InChI is InChI=1S/C17H22FNO4/c1-21-11-16(20)19-8-2-7-17(12-19)9-15(10-22-17)23-14-5-3-13(18)4-6-14/h3-6,15H,2,7-12H2,1H3/t15-,17+/m1/s1. The highest BCUT2D eigenvalue weighted by atomic mass is 19.1. The fourth-order valence-corrected chi connectivity index (χ4v) is 3.39. The van der Waals surface area contributed by atoms with E-state index in [0.29, 0.717) is 18.9 Å². The van der Waals surface area contributed by atoms with E-state index in [1.165, 1.54) is 19.2 Å². The molecule has 2 saturated heterocycles. The number of amides is 1. The number of carbonyl (C=O) groups is 1. The molecule has 0 aromatic heterocycles. The first-order chi connectivity index (χ1) is 11.1. The molecule has 0 unspecified atom stereocenters. The summed E-state index contributed by atoms with van der Waals surface area (Å²) >= 11 is 0. The number of nitrogens with zero attached hydrogens (tertiary/aromatic N) is 1. The summed E-state index contributed by atoms with van der Waals surface area (Å²) in [7, 11) is 1.52. The minimum absolute atomic E-state index is 0.00178. The Morgan fingerprint density at radius 2 is 2.22 bits per heavy atom. The first kappa shape index (κ1) is 16.2. The Hall–Kier alpha value is -1.66. The number of halogens is 1. The Labute approximate surface area is 135 Å². The van der Waals surface area contributed by atoms with Crippen LogP contribution in [-0.2, 0) is 14.3 Å². The first-order valence-corrected chi connectivity index (χ1v) is 7.93. The Kier molecular flexibility index (Phi) is 4.82. The summed E-state index contributed by atoms with van der Waals surface area (Å²) in [5.41, 5.74) is -0.327. The highest BCUT2D eigenvalue weighted by Gasteiger charge is 2.45. The molecule has 0 N–H and O–H groups in total. The maximum atomic E-state index is 12.9. The van der Waals surface area contributed by atoms with Gasteiger partial charge in [-0.15, -0.1) is 0 Å². The predicted molar refractivity (Wildman–Crippen MR) is 81.8 cm³/mol. The summed E-state index contributed by atoms with van der Waals surface area (Å²) in [4.78, 5) is 13.8. The average molecular weight is 323 g/mol. The first-order valence-electron chi connectivity index (χ1n) is 7.93. The molecule has 1 amide bonds. The molecule has 126 valence electrons.